The molecule has 1 saturated heterocycles. The Morgan fingerprint density at radius 1 is 1.31 bits per heavy atom. The number of piperidine rings is 1. The van der Waals surface area contributed by atoms with E-state index in [1.165, 1.54) is 25.4 Å². The van der Waals surface area contributed by atoms with Gasteiger partial charge in [0.25, 0.3) is 5.91 Å². The monoisotopic (exact) mass is 436 g/mol. The summed E-state index contributed by atoms with van der Waals surface area (Å²) in [7, 11) is 0. The van der Waals surface area contributed by atoms with E-state index >= 15 is 0 Å². The summed E-state index contributed by atoms with van der Waals surface area (Å²) in [4.78, 5) is 22.2. The van der Waals surface area contributed by atoms with Crippen LogP contribution in [-0.4, -0.2) is 67.9 Å². The number of ether oxygens (including phenoxy) is 1. The highest BCUT2D eigenvalue weighted by Gasteiger charge is 2.73. The number of H-pyrrole nitrogens is 1. The number of phenols is 1. The van der Waals surface area contributed by atoms with Crippen LogP contribution in [0.4, 0.5) is 0 Å². The van der Waals surface area contributed by atoms with Crippen molar-refractivity contribution in [3.8, 4) is 11.5 Å². The number of aromatic nitrogens is 2. The van der Waals surface area contributed by atoms with E-state index in [2.05, 4.69) is 20.2 Å². The number of rotatable bonds is 4. The number of hydrogen-bond donors (Lipinski definition) is 4. The molecule has 5 aliphatic rings. The third-order valence-electron chi connectivity index (χ3n) is 8.82. The number of aromatic hydroxyl groups is 1. The molecule has 5 atom stereocenters. The average molecular weight is 437 g/mol. The van der Waals surface area contributed by atoms with Gasteiger partial charge in [0.1, 0.15) is 11.8 Å². The molecule has 2 saturated carbocycles. The number of carbonyl (C=O) groups is 1. The number of benzene rings is 1. The molecule has 7 rings (SSSR count). The first-order chi connectivity index (χ1) is 15.5. The van der Waals surface area contributed by atoms with E-state index in [1.807, 2.05) is 6.07 Å². The Labute approximate surface area is 186 Å². The van der Waals surface area contributed by atoms with Gasteiger partial charge in [-0.05, 0) is 62.6 Å². The van der Waals surface area contributed by atoms with Crippen molar-refractivity contribution in [3.63, 3.8) is 0 Å². The Balaban J connectivity index is 1.32. The van der Waals surface area contributed by atoms with Gasteiger partial charge in [-0.1, -0.05) is 6.07 Å². The van der Waals surface area contributed by atoms with Gasteiger partial charge >= 0.3 is 0 Å². The van der Waals surface area contributed by atoms with Gasteiger partial charge in [-0.25, -0.2) is 4.98 Å². The zero-order valence-corrected chi connectivity index (χ0v) is 17.9. The molecule has 32 heavy (non-hydrogen) atoms. The molecular weight excluding hydrogens is 408 g/mol. The topological polar surface area (TPSA) is 111 Å². The minimum atomic E-state index is -0.938. The van der Waals surface area contributed by atoms with Crippen LogP contribution in [0.1, 0.15) is 53.7 Å². The predicted octanol–water partition coefficient (Wildman–Crippen LogP) is 1.48. The molecular formula is C24H28N4O4. The summed E-state index contributed by atoms with van der Waals surface area (Å²) in [5.41, 5.74) is 0.988. The molecule has 8 heteroatoms. The SMILES string of the molecule is O=C(N[C@H]1CC[C@@]2(O)[C@H]3Cc4ccc(O)c5c4[C@@]2(CCN3CC2CC2)[C@H]1O5)c1cnc[nH]1. The van der Waals surface area contributed by atoms with Crippen LogP contribution in [0.15, 0.2) is 24.7 Å². The van der Waals surface area contributed by atoms with Gasteiger partial charge in [-0.15, -0.1) is 0 Å². The number of nitrogens with zero attached hydrogens (tertiary/aromatic N) is 2. The molecule has 0 radical (unpaired) electrons. The third kappa shape index (κ3) is 2.29. The van der Waals surface area contributed by atoms with Gasteiger partial charge in [0.15, 0.2) is 11.5 Å². The fraction of sp³-hybridized carbons (Fsp3) is 0.583. The summed E-state index contributed by atoms with van der Waals surface area (Å²) >= 11 is 0. The molecule has 2 aliphatic heterocycles. The second-order valence-corrected chi connectivity index (χ2v) is 10.4. The van der Waals surface area contributed by atoms with E-state index in [0.717, 1.165) is 43.0 Å². The summed E-state index contributed by atoms with van der Waals surface area (Å²) in [5.74, 6) is 1.15. The van der Waals surface area contributed by atoms with Gasteiger partial charge in [0.2, 0.25) is 0 Å². The summed E-state index contributed by atoms with van der Waals surface area (Å²) < 4.78 is 6.47. The van der Waals surface area contributed by atoms with Crippen molar-refractivity contribution in [1.29, 1.82) is 0 Å². The number of imidazole rings is 1. The lowest BCUT2D eigenvalue weighted by Gasteiger charge is -2.64. The first-order valence-corrected chi connectivity index (χ1v) is 11.8. The number of aromatic amines is 1. The van der Waals surface area contributed by atoms with Crippen molar-refractivity contribution >= 4 is 5.91 Å². The standard InChI is InChI=1S/C24H28N4O4/c29-17-4-3-14-9-18-24(31)6-5-15(27-22(30)16-10-25-12-26-16)21-23(24,19(14)20(17)32-21)7-8-28(18)11-13-1-2-13/h3-4,10,12-13,15,18,21,29,31H,1-2,5-9,11H2,(H,25,26)(H,27,30)/t15-,18+,21-,23-,24+/m0/s1. The molecule has 4 N–H and O–H groups in total. The zero-order valence-electron chi connectivity index (χ0n) is 17.9. The number of nitrogens with one attached hydrogen (secondary N) is 2. The van der Waals surface area contributed by atoms with E-state index in [4.69, 9.17) is 4.74 Å². The third-order valence-corrected chi connectivity index (χ3v) is 8.82. The lowest BCUT2D eigenvalue weighted by Crippen LogP contribution is -2.78. The molecule has 1 aromatic heterocycles. The van der Waals surface area contributed by atoms with E-state index in [-0.39, 0.29) is 23.7 Å². The molecule has 8 nitrogen and oxygen atoms in total. The Morgan fingerprint density at radius 3 is 2.97 bits per heavy atom. The quantitative estimate of drug-likeness (QED) is 0.578. The van der Waals surface area contributed by atoms with Crippen LogP contribution < -0.4 is 10.1 Å². The lowest BCUT2D eigenvalue weighted by molar-refractivity contribution is -0.191. The molecule has 3 heterocycles. The largest absolute Gasteiger partial charge is 0.504 e. The normalized spacial score (nSPS) is 37.0. The smallest absolute Gasteiger partial charge is 0.269 e. The molecule has 1 aromatic carbocycles. The van der Waals surface area contributed by atoms with Gasteiger partial charge in [0, 0.05) is 18.2 Å². The summed E-state index contributed by atoms with van der Waals surface area (Å²) in [6.45, 7) is 1.95. The van der Waals surface area contributed by atoms with Crippen molar-refractivity contribution < 1.29 is 19.7 Å². The number of amides is 1. The molecule has 3 aliphatic carbocycles. The second kappa shape index (κ2) is 6.26. The molecule has 2 bridgehead atoms. The van der Waals surface area contributed by atoms with Gasteiger partial charge in [-0.3, -0.25) is 9.69 Å². The van der Waals surface area contributed by atoms with Crippen molar-refractivity contribution in [3.05, 3.63) is 41.5 Å². The Bertz CT molecular complexity index is 1100. The van der Waals surface area contributed by atoms with Crippen molar-refractivity contribution in [2.45, 2.75) is 67.7 Å². The molecule has 168 valence electrons. The first-order valence-electron chi connectivity index (χ1n) is 11.8. The predicted molar refractivity (Wildman–Crippen MR) is 115 cm³/mol. The molecule has 1 amide bonds. The average Bonchev–Trinajstić information content (AvgIpc) is 3.27. The maximum Gasteiger partial charge on any atom is 0.269 e. The van der Waals surface area contributed by atoms with Gasteiger partial charge in [-0.2, -0.15) is 0 Å². The van der Waals surface area contributed by atoms with Crippen molar-refractivity contribution in [2.75, 3.05) is 13.1 Å². The van der Waals surface area contributed by atoms with Gasteiger partial charge in [0.05, 0.1) is 29.6 Å². The van der Waals surface area contributed by atoms with Crippen LogP contribution in [0.5, 0.6) is 11.5 Å². The van der Waals surface area contributed by atoms with Crippen LogP contribution in [-0.2, 0) is 11.8 Å². The Hall–Kier alpha value is -2.58. The fourth-order valence-electron chi connectivity index (χ4n) is 7.26. The highest BCUT2D eigenvalue weighted by Crippen LogP contribution is 2.65. The molecule has 0 unspecified atom stereocenters. The maximum atomic E-state index is 12.8. The van der Waals surface area contributed by atoms with Crippen molar-refractivity contribution in [2.24, 2.45) is 5.92 Å². The van der Waals surface area contributed by atoms with Crippen LogP contribution in [0, 0.1) is 5.92 Å². The van der Waals surface area contributed by atoms with E-state index in [0.29, 0.717) is 24.3 Å². The summed E-state index contributed by atoms with van der Waals surface area (Å²) in [6.07, 6.45) is 7.91. The fourth-order valence-corrected chi connectivity index (χ4v) is 7.26. The highest BCUT2D eigenvalue weighted by molar-refractivity contribution is 5.92. The van der Waals surface area contributed by atoms with Crippen LogP contribution in [0.25, 0.3) is 0 Å². The van der Waals surface area contributed by atoms with Crippen LogP contribution >= 0.6 is 0 Å². The van der Waals surface area contributed by atoms with E-state index < -0.39 is 17.1 Å². The number of hydrogen-bond acceptors (Lipinski definition) is 6. The Morgan fingerprint density at radius 2 is 2.19 bits per heavy atom. The van der Waals surface area contributed by atoms with Gasteiger partial charge < -0.3 is 25.3 Å². The number of phenolic OH excluding ortho intramolecular Hbond substituents is 1. The van der Waals surface area contributed by atoms with Crippen molar-refractivity contribution in [1.82, 2.24) is 20.2 Å². The molecule has 1 spiro atoms. The Kier molecular flexibility index (Phi) is 3.71. The summed E-state index contributed by atoms with van der Waals surface area (Å²) in [6, 6.07) is 3.49. The number of likely N-dealkylation sites (tertiary alicyclic amines) is 1. The molecule has 2 aromatic rings. The lowest BCUT2D eigenvalue weighted by atomic mass is 9.48. The number of carbonyl (C=O) groups excluding carboxylic acids is 1. The highest BCUT2D eigenvalue weighted by atomic mass is 16.5. The first kappa shape index (κ1) is 18.9. The summed E-state index contributed by atoms with van der Waals surface area (Å²) in [5, 5.41) is 26.2. The molecule has 3 fully saturated rings. The minimum Gasteiger partial charge on any atom is -0.504 e. The van der Waals surface area contributed by atoms with E-state index in [1.54, 1.807) is 6.07 Å². The second-order valence-electron chi connectivity index (χ2n) is 10.4. The zero-order chi connectivity index (χ0) is 21.7. The minimum absolute atomic E-state index is 0.0372. The maximum absolute atomic E-state index is 12.8. The van der Waals surface area contributed by atoms with Crippen LogP contribution in [0.2, 0.25) is 0 Å². The number of aliphatic hydroxyl groups is 1. The van der Waals surface area contributed by atoms with E-state index in [9.17, 15) is 15.0 Å². The van der Waals surface area contributed by atoms with Crippen LogP contribution in [0.3, 0.4) is 0 Å².